The van der Waals surface area contributed by atoms with E-state index in [1.165, 1.54) is 37.4 Å². The number of carbonyl (C=O) groups is 1. The van der Waals surface area contributed by atoms with Crippen molar-refractivity contribution in [3.8, 4) is 5.75 Å². The zero-order valence-electron chi connectivity index (χ0n) is 11.2. The predicted molar refractivity (Wildman–Crippen MR) is 77.9 cm³/mol. The fourth-order valence-electron chi connectivity index (χ4n) is 1.71. The standard InChI is InChI=1S/C15H13ClFNO3/c1-20-13-4-2-3-10(14(13)17)8-21-15(19)9-5-6-12(18)11(16)7-9/h2-7H,8,18H2,1H3. The molecule has 0 saturated heterocycles. The third kappa shape index (κ3) is 3.44. The van der Waals surface area contributed by atoms with E-state index in [0.717, 1.165) is 0 Å². The molecule has 21 heavy (non-hydrogen) atoms. The molecule has 2 aromatic carbocycles. The lowest BCUT2D eigenvalue weighted by Crippen LogP contribution is -2.07. The molecule has 0 radical (unpaired) electrons. The Bertz CT molecular complexity index is 676. The van der Waals surface area contributed by atoms with Crippen LogP contribution in [0.5, 0.6) is 5.75 Å². The number of nitrogen functional groups attached to an aromatic ring is 1. The number of anilines is 1. The van der Waals surface area contributed by atoms with Gasteiger partial charge in [0.2, 0.25) is 0 Å². The van der Waals surface area contributed by atoms with Gasteiger partial charge in [0.1, 0.15) is 6.61 Å². The van der Waals surface area contributed by atoms with E-state index in [2.05, 4.69) is 0 Å². The number of carbonyl (C=O) groups excluding carboxylic acids is 1. The average Bonchev–Trinajstić information content (AvgIpc) is 2.48. The van der Waals surface area contributed by atoms with Crippen molar-refractivity contribution in [2.24, 2.45) is 0 Å². The van der Waals surface area contributed by atoms with Crippen molar-refractivity contribution in [1.82, 2.24) is 0 Å². The lowest BCUT2D eigenvalue weighted by molar-refractivity contribution is 0.0468. The van der Waals surface area contributed by atoms with Gasteiger partial charge < -0.3 is 15.2 Å². The fraction of sp³-hybridized carbons (Fsp3) is 0.133. The number of nitrogens with two attached hydrogens (primary N) is 1. The Labute approximate surface area is 126 Å². The molecular formula is C15H13ClFNO3. The molecule has 0 saturated carbocycles. The number of benzene rings is 2. The number of rotatable bonds is 4. The molecule has 6 heteroatoms. The van der Waals surface area contributed by atoms with Crippen LogP contribution >= 0.6 is 11.6 Å². The number of hydrogen-bond donors (Lipinski definition) is 1. The van der Waals surface area contributed by atoms with E-state index in [1.807, 2.05) is 0 Å². The molecule has 2 N–H and O–H groups in total. The second-order valence-electron chi connectivity index (χ2n) is 4.25. The highest BCUT2D eigenvalue weighted by atomic mass is 35.5. The molecule has 0 bridgehead atoms. The van der Waals surface area contributed by atoms with Crippen LogP contribution in [-0.2, 0) is 11.3 Å². The summed E-state index contributed by atoms with van der Waals surface area (Å²) < 4.78 is 23.8. The van der Waals surface area contributed by atoms with Gasteiger partial charge in [-0.05, 0) is 24.3 Å². The molecule has 0 fully saturated rings. The zero-order valence-corrected chi connectivity index (χ0v) is 12.0. The van der Waals surface area contributed by atoms with E-state index in [-0.39, 0.29) is 28.5 Å². The lowest BCUT2D eigenvalue weighted by atomic mass is 10.2. The van der Waals surface area contributed by atoms with Crippen molar-refractivity contribution in [2.75, 3.05) is 12.8 Å². The van der Waals surface area contributed by atoms with Crippen molar-refractivity contribution in [3.05, 3.63) is 58.4 Å². The molecule has 0 heterocycles. The quantitative estimate of drug-likeness (QED) is 0.694. The molecule has 0 aliphatic heterocycles. The SMILES string of the molecule is COc1cccc(COC(=O)c2ccc(N)c(Cl)c2)c1F. The first-order valence-corrected chi connectivity index (χ1v) is 6.44. The van der Waals surface area contributed by atoms with Crippen molar-refractivity contribution < 1.29 is 18.7 Å². The summed E-state index contributed by atoms with van der Waals surface area (Å²) in [4.78, 5) is 11.9. The maximum Gasteiger partial charge on any atom is 0.338 e. The first kappa shape index (κ1) is 15.1. The van der Waals surface area contributed by atoms with Gasteiger partial charge in [-0.15, -0.1) is 0 Å². The Hall–Kier alpha value is -2.27. The van der Waals surface area contributed by atoms with Crippen LogP contribution in [0.15, 0.2) is 36.4 Å². The molecule has 0 aliphatic rings. The summed E-state index contributed by atoms with van der Waals surface area (Å²) in [5.41, 5.74) is 6.40. The third-order valence-electron chi connectivity index (χ3n) is 2.86. The van der Waals surface area contributed by atoms with Crippen molar-refractivity contribution in [1.29, 1.82) is 0 Å². The molecule has 0 aromatic heterocycles. The second-order valence-corrected chi connectivity index (χ2v) is 4.65. The van der Waals surface area contributed by atoms with Gasteiger partial charge in [0, 0.05) is 5.56 Å². The van der Waals surface area contributed by atoms with E-state index in [9.17, 15) is 9.18 Å². The molecule has 0 spiro atoms. The number of halogens is 2. The fourth-order valence-corrected chi connectivity index (χ4v) is 1.89. The van der Waals surface area contributed by atoms with E-state index < -0.39 is 11.8 Å². The van der Waals surface area contributed by atoms with E-state index >= 15 is 0 Å². The van der Waals surface area contributed by atoms with Crippen LogP contribution in [0.2, 0.25) is 5.02 Å². The monoisotopic (exact) mass is 309 g/mol. The minimum atomic E-state index is -0.612. The lowest BCUT2D eigenvalue weighted by Gasteiger charge is -2.09. The summed E-state index contributed by atoms with van der Waals surface area (Å²) in [6.07, 6.45) is 0. The Kier molecular flexibility index (Phi) is 4.65. The highest BCUT2D eigenvalue weighted by Gasteiger charge is 2.13. The Morgan fingerprint density at radius 3 is 2.76 bits per heavy atom. The van der Waals surface area contributed by atoms with E-state index in [4.69, 9.17) is 26.8 Å². The van der Waals surface area contributed by atoms with Crippen LogP contribution in [-0.4, -0.2) is 13.1 Å². The number of methoxy groups -OCH3 is 1. The third-order valence-corrected chi connectivity index (χ3v) is 3.19. The largest absolute Gasteiger partial charge is 0.494 e. The molecule has 0 amide bonds. The summed E-state index contributed by atoms with van der Waals surface area (Å²) in [7, 11) is 1.37. The molecule has 0 aliphatic carbocycles. The number of esters is 1. The Morgan fingerprint density at radius 1 is 1.33 bits per heavy atom. The summed E-state index contributed by atoms with van der Waals surface area (Å²) in [5, 5.41) is 0.261. The highest BCUT2D eigenvalue weighted by molar-refractivity contribution is 6.33. The first-order chi connectivity index (χ1) is 10.0. The summed E-state index contributed by atoms with van der Waals surface area (Å²) >= 11 is 5.83. The molecule has 4 nitrogen and oxygen atoms in total. The topological polar surface area (TPSA) is 61.5 Å². The van der Waals surface area contributed by atoms with Crippen LogP contribution in [0.1, 0.15) is 15.9 Å². The predicted octanol–water partition coefficient (Wildman–Crippen LogP) is 3.43. The van der Waals surface area contributed by atoms with Gasteiger partial charge in [-0.1, -0.05) is 23.7 Å². The van der Waals surface area contributed by atoms with Gasteiger partial charge >= 0.3 is 5.97 Å². The smallest absolute Gasteiger partial charge is 0.338 e. The highest BCUT2D eigenvalue weighted by Crippen LogP contribution is 2.22. The van der Waals surface area contributed by atoms with Crippen LogP contribution < -0.4 is 10.5 Å². The van der Waals surface area contributed by atoms with Crippen molar-refractivity contribution in [3.63, 3.8) is 0 Å². The maximum absolute atomic E-state index is 13.9. The van der Waals surface area contributed by atoms with E-state index in [1.54, 1.807) is 6.07 Å². The zero-order chi connectivity index (χ0) is 15.4. The van der Waals surface area contributed by atoms with Crippen LogP contribution in [0.3, 0.4) is 0 Å². The van der Waals surface area contributed by atoms with E-state index in [0.29, 0.717) is 5.69 Å². The van der Waals surface area contributed by atoms with Crippen molar-refractivity contribution in [2.45, 2.75) is 6.61 Å². The maximum atomic E-state index is 13.9. The van der Waals surface area contributed by atoms with Gasteiger partial charge in [-0.25, -0.2) is 9.18 Å². The van der Waals surface area contributed by atoms with Crippen molar-refractivity contribution >= 4 is 23.3 Å². The number of hydrogen-bond acceptors (Lipinski definition) is 4. The van der Waals surface area contributed by atoms with Crippen LogP contribution in [0.25, 0.3) is 0 Å². The molecule has 0 atom stereocenters. The molecule has 2 aromatic rings. The van der Waals surface area contributed by atoms with Gasteiger partial charge in [0.05, 0.1) is 23.4 Å². The van der Waals surface area contributed by atoms with Gasteiger partial charge in [-0.3, -0.25) is 0 Å². The molecular weight excluding hydrogens is 297 g/mol. The average molecular weight is 310 g/mol. The second kappa shape index (κ2) is 6.45. The number of ether oxygens (including phenoxy) is 2. The van der Waals surface area contributed by atoms with Gasteiger partial charge in [0.25, 0.3) is 0 Å². The minimum Gasteiger partial charge on any atom is -0.494 e. The summed E-state index contributed by atoms with van der Waals surface area (Å²) in [6.45, 7) is -0.205. The van der Waals surface area contributed by atoms with Gasteiger partial charge in [0.15, 0.2) is 11.6 Å². The summed E-state index contributed by atoms with van der Waals surface area (Å²) in [6, 6.07) is 9.02. The molecule has 0 unspecified atom stereocenters. The van der Waals surface area contributed by atoms with Gasteiger partial charge in [-0.2, -0.15) is 0 Å². The summed E-state index contributed by atoms with van der Waals surface area (Å²) in [5.74, 6) is -1.07. The van der Waals surface area contributed by atoms with Crippen LogP contribution in [0, 0.1) is 5.82 Å². The van der Waals surface area contributed by atoms with Crippen LogP contribution in [0.4, 0.5) is 10.1 Å². The first-order valence-electron chi connectivity index (χ1n) is 6.06. The molecule has 110 valence electrons. The Morgan fingerprint density at radius 2 is 2.10 bits per heavy atom. The minimum absolute atomic E-state index is 0.0964. The Balaban J connectivity index is 2.09. The normalized spacial score (nSPS) is 10.2. The molecule has 2 rings (SSSR count).